The second-order valence-electron chi connectivity index (χ2n) is 2.78. The molecule has 0 aliphatic rings. The van der Waals surface area contributed by atoms with Gasteiger partial charge in [0, 0.05) is 6.54 Å². The van der Waals surface area contributed by atoms with Gasteiger partial charge in [0.1, 0.15) is 12.4 Å². The smallest absolute Gasteiger partial charge is 0.245 e. The van der Waals surface area contributed by atoms with E-state index < -0.39 is 6.61 Å². The normalized spacial score (nSPS) is 9.57. The zero-order chi connectivity index (χ0) is 10.4. The van der Waals surface area contributed by atoms with Crippen molar-refractivity contribution >= 4 is 5.91 Å². The first kappa shape index (κ1) is 10.5. The number of hydrogen-bond donors (Lipinski definition) is 2. The average Bonchev–Trinajstić information content (AvgIpc) is 2.26. The van der Waals surface area contributed by atoms with E-state index in [2.05, 4.69) is 5.32 Å². The molecule has 0 saturated carbocycles. The Morgan fingerprint density at radius 3 is 2.57 bits per heavy atom. The number of amides is 1. The number of carbonyl (C=O) groups is 1. The zero-order valence-electron chi connectivity index (χ0n) is 7.99. The molecule has 0 fully saturated rings. The molecule has 0 radical (unpaired) electrons. The third-order valence-electron chi connectivity index (χ3n) is 1.79. The van der Waals surface area contributed by atoms with Crippen molar-refractivity contribution in [1.82, 2.24) is 5.32 Å². The molecule has 1 aromatic rings. The lowest BCUT2D eigenvalue weighted by molar-refractivity contribution is -0.123. The second-order valence-corrected chi connectivity index (χ2v) is 2.78. The molecule has 4 heteroatoms. The van der Waals surface area contributed by atoms with Crippen molar-refractivity contribution in [3.05, 3.63) is 29.8 Å². The molecular formula is C10H13NO3. The van der Waals surface area contributed by atoms with E-state index in [1.165, 1.54) is 0 Å². The van der Waals surface area contributed by atoms with Crippen LogP contribution in [0.4, 0.5) is 0 Å². The Morgan fingerprint density at radius 1 is 1.43 bits per heavy atom. The topological polar surface area (TPSA) is 58.6 Å². The largest absolute Gasteiger partial charge is 0.497 e. The first-order valence-electron chi connectivity index (χ1n) is 4.26. The molecule has 4 nitrogen and oxygen atoms in total. The fourth-order valence-electron chi connectivity index (χ4n) is 1.000. The van der Waals surface area contributed by atoms with Gasteiger partial charge in [-0.05, 0) is 17.7 Å². The number of hydrogen-bond acceptors (Lipinski definition) is 3. The Bertz CT molecular complexity index is 295. The van der Waals surface area contributed by atoms with E-state index in [0.29, 0.717) is 6.54 Å². The molecule has 1 amide bonds. The van der Waals surface area contributed by atoms with Gasteiger partial charge in [-0.2, -0.15) is 0 Å². The molecule has 2 N–H and O–H groups in total. The Kier molecular flexibility index (Phi) is 3.94. The van der Waals surface area contributed by atoms with E-state index in [4.69, 9.17) is 9.84 Å². The molecule has 0 bridgehead atoms. The van der Waals surface area contributed by atoms with Crippen molar-refractivity contribution in [3.8, 4) is 5.75 Å². The summed E-state index contributed by atoms with van der Waals surface area (Å²) < 4.78 is 4.99. The van der Waals surface area contributed by atoms with Crippen LogP contribution in [0, 0.1) is 0 Å². The highest BCUT2D eigenvalue weighted by atomic mass is 16.5. The third-order valence-corrected chi connectivity index (χ3v) is 1.79. The van der Waals surface area contributed by atoms with Gasteiger partial charge in [0.05, 0.1) is 7.11 Å². The summed E-state index contributed by atoms with van der Waals surface area (Å²) in [7, 11) is 1.60. The molecule has 0 aliphatic carbocycles. The van der Waals surface area contributed by atoms with Crippen molar-refractivity contribution in [2.45, 2.75) is 6.54 Å². The van der Waals surface area contributed by atoms with Gasteiger partial charge in [0.15, 0.2) is 0 Å². The maximum absolute atomic E-state index is 10.7. The van der Waals surface area contributed by atoms with Crippen LogP contribution in [0.25, 0.3) is 0 Å². The van der Waals surface area contributed by atoms with E-state index in [0.717, 1.165) is 11.3 Å². The highest BCUT2D eigenvalue weighted by molar-refractivity contribution is 5.76. The fourth-order valence-corrected chi connectivity index (χ4v) is 1.000. The molecule has 0 saturated heterocycles. The van der Waals surface area contributed by atoms with Crippen LogP contribution in [0.15, 0.2) is 24.3 Å². The quantitative estimate of drug-likeness (QED) is 0.726. The van der Waals surface area contributed by atoms with E-state index >= 15 is 0 Å². The molecule has 0 unspecified atom stereocenters. The van der Waals surface area contributed by atoms with Gasteiger partial charge in [0.2, 0.25) is 5.91 Å². The highest BCUT2D eigenvalue weighted by Crippen LogP contribution is 2.10. The minimum absolute atomic E-state index is 0.374. The van der Waals surface area contributed by atoms with E-state index in [1.54, 1.807) is 7.11 Å². The lowest BCUT2D eigenvalue weighted by atomic mass is 10.2. The fraction of sp³-hybridized carbons (Fsp3) is 0.300. The van der Waals surface area contributed by atoms with Crippen molar-refractivity contribution in [3.63, 3.8) is 0 Å². The molecule has 0 atom stereocenters. The Hall–Kier alpha value is -1.55. The summed E-state index contributed by atoms with van der Waals surface area (Å²) in [4.78, 5) is 10.7. The summed E-state index contributed by atoms with van der Waals surface area (Å²) in [5.41, 5.74) is 0.965. The van der Waals surface area contributed by atoms with Crippen LogP contribution in [-0.4, -0.2) is 24.7 Å². The van der Waals surface area contributed by atoms with Crippen LogP contribution in [0.1, 0.15) is 5.56 Å². The third kappa shape index (κ3) is 3.06. The summed E-state index contributed by atoms with van der Waals surface area (Å²) in [6, 6.07) is 7.36. The molecule has 1 rings (SSSR count). The van der Waals surface area contributed by atoms with Gasteiger partial charge >= 0.3 is 0 Å². The first-order chi connectivity index (χ1) is 6.76. The highest BCUT2D eigenvalue weighted by Gasteiger charge is 1.98. The van der Waals surface area contributed by atoms with Gasteiger partial charge in [-0.1, -0.05) is 12.1 Å². The molecule has 76 valence electrons. The minimum Gasteiger partial charge on any atom is -0.497 e. The van der Waals surface area contributed by atoms with Crippen molar-refractivity contribution in [1.29, 1.82) is 0 Å². The number of aliphatic hydroxyl groups is 1. The number of ether oxygens (including phenoxy) is 1. The summed E-state index contributed by atoms with van der Waals surface area (Å²) in [5, 5.41) is 11.0. The predicted octanol–water partition coefficient (Wildman–Crippen LogP) is 0.304. The van der Waals surface area contributed by atoms with Crippen LogP contribution in [0.2, 0.25) is 0 Å². The Balaban J connectivity index is 2.47. The summed E-state index contributed by atoms with van der Waals surface area (Å²) in [5.74, 6) is 0.406. The van der Waals surface area contributed by atoms with Gasteiger partial charge in [-0.15, -0.1) is 0 Å². The number of nitrogens with one attached hydrogen (secondary N) is 1. The first-order valence-corrected chi connectivity index (χ1v) is 4.26. The van der Waals surface area contributed by atoms with E-state index in [-0.39, 0.29) is 5.91 Å². The molecule has 0 heterocycles. The lowest BCUT2D eigenvalue weighted by Gasteiger charge is -2.04. The van der Waals surface area contributed by atoms with Crippen LogP contribution in [0.3, 0.4) is 0 Å². The van der Waals surface area contributed by atoms with Gasteiger partial charge in [0.25, 0.3) is 0 Å². The number of aliphatic hydroxyl groups excluding tert-OH is 1. The monoisotopic (exact) mass is 195 g/mol. The Morgan fingerprint density at radius 2 is 2.07 bits per heavy atom. The van der Waals surface area contributed by atoms with Crippen LogP contribution < -0.4 is 10.1 Å². The molecule has 0 spiro atoms. The van der Waals surface area contributed by atoms with Gasteiger partial charge in [-0.3, -0.25) is 4.79 Å². The van der Waals surface area contributed by atoms with Gasteiger partial charge in [-0.25, -0.2) is 0 Å². The van der Waals surface area contributed by atoms with Crippen LogP contribution >= 0.6 is 0 Å². The van der Waals surface area contributed by atoms with Crippen LogP contribution in [-0.2, 0) is 11.3 Å². The van der Waals surface area contributed by atoms with E-state index in [1.807, 2.05) is 24.3 Å². The standard InChI is InChI=1S/C10H13NO3/c1-14-9-4-2-8(3-5-9)6-11-10(13)7-12/h2-5,12H,6-7H2,1H3,(H,11,13). The molecular weight excluding hydrogens is 182 g/mol. The maximum atomic E-state index is 10.7. The predicted molar refractivity (Wildman–Crippen MR) is 51.9 cm³/mol. The Labute approximate surface area is 82.5 Å². The molecule has 1 aromatic carbocycles. The maximum Gasteiger partial charge on any atom is 0.245 e. The summed E-state index contributed by atoms with van der Waals surface area (Å²) in [6.45, 7) is -0.0560. The SMILES string of the molecule is COc1ccc(CNC(=O)CO)cc1. The second kappa shape index (κ2) is 5.24. The number of benzene rings is 1. The minimum atomic E-state index is -0.476. The summed E-state index contributed by atoms with van der Waals surface area (Å²) in [6.07, 6.45) is 0. The summed E-state index contributed by atoms with van der Waals surface area (Å²) >= 11 is 0. The van der Waals surface area contributed by atoms with Crippen molar-refractivity contribution < 1.29 is 14.6 Å². The van der Waals surface area contributed by atoms with Crippen LogP contribution in [0.5, 0.6) is 5.75 Å². The molecule has 0 aliphatic heterocycles. The molecule has 14 heavy (non-hydrogen) atoms. The zero-order valence-corrected chi connectivity index (χ0v) is 7.99. The lowest BCUT2D eigenvalue weighted by Crippen LogP contribution is -2.25. The number of methoxy groups -OCH3 is 1. The average molecular weight is 195 g/mol. The number of carbonyl (C=O) groups excluding carboxylic acids is 1. The van der Waals surface area contributed by atoms with Crippen molar-refractivity contribution in [2.24, 2.45) is 0 Å². The van der Waals surface area contributed by atoms with Gasteiger partial charge < -0.3 is 15.2 Å². The van der Waals surface area contributed by atoms with E-state index in [9.17, 15) is 4.79 Å². The van der Waals surface area contributed by atoms with Crippen molar-refractivity contribution in [2.75, 3.05) is 13.7 Å². The number of rotatable bonds is 4. The molecule has 0 aromatic heterocycles.